The number of carboxylic acid groups (broad SMARTS) is 1. The maximum atomic E-state index is 12.0. The van der Waals surface area contributed by atoms with E-state index in [1.54, 1.807) is 0 Å². The maximum Gasteiger partial charge on any atom is 0.335 e. The van der Waals surface area contributed by atoms with E-state index in [9.17, 15) is 24.5 Å². The van der Waals surface area contributed by atoms with Crippen LogP contribution in [0.3, 0.4) is 0 Å². The first kappa shape index (κ1) is 14.4. The van der Waals surface area contributed by atoms with Gasteiger partial charge in [-0.25, -0.2) is 9.69 Å². The third-order valence-electron chi connectivity index (χ3n) is 3.27. The summed E-state index contributed by atoms with van der Waals surface area (Å²) in [5.41, 5.74) is -0.741. The van der Waals surface area contributed by atoms with E-state index in [1.807, 2.05) is 0 Å². The van der Waals surface area contributed by atoms with Gasteiger partial charge in [0.15, 0.2) is 0 Å². The average molecular weight is 290 g/mol. The van der Waals surface area contributed by atoms with Crippen LogP contribution in [0.15, 0.2) is 29.3 Å². The molecule has 1 aromatic carbocycles. The summed E-state index contributed by atoms with van der Waals surface area (Å²) in [6, 6.07) is 3.01. The van der Waals surface area contributed by atoms with Gasteiger partial charge in [-0.2, -0.15) is 0 Å². The molecule has 2 amide bonds. The van der Waals surface area contributed by atoms with Crippen LogP contribution in [0.5, 0.6) is 0 Å². The minimum atomic E-state index is -1.34. The van der Waals surface area contributed by atoms with Crippen molar-refractivity contribution in [2.45, 2.75) is 13.8 Å². The first-order valence-corrected chi connectivity index (χ1v) is 5.83. The van der Waals surface area contributed by atoms with Gasteiger partial charge < -0.3 is 5.11 Å². The summed E-state index contributed by atoms with van der Waals surface area (Å²) in [7, 11) is 0. The van der Waals surface area contributed by atoms with E-state index in [0.717, 1.165) is 18.2 Å². The molecule has 0 fully saturated rings. The van der Waals surface area contributed by atoms with Gasteiger partial charge in [-0.05, 0) is 26.0 Å². The first-order valence-electron chi connectivity index (χ1n) is 5.83. The highest BCUT2D eigenvalue weighted by Crippen LogP contribution is 2.34. The van der Waals surface area contributed by atoms with Crippen molar-refractivity contribution in [1.29, 1.82) is 0 Å². The van der Waals surface area contributed by atoms with Crippen LogP contribution in [-0.2, 0) is 9.59 Å². The third-order valence-corrected chi connectivity index (χ3v) is 3.27. The molecule has 108 valence electrons. The molecule has 0 aliphatic carbocycles. The van der Waals surface area contributed by atoms with Gasteiger partial charge in [-0.1, -0.05) is 0 Å². The minimum absolute atomic E-state index is 0.205. The summed E-state index contributed by atoms with van der Waals surface area (Å²) in [5.74, 6) is -2.64. The smallest absolute Gasteiger partial charge is 0.335 e. The molecule has 0 saturated carbocycles. The van der Waals surface area contributed by atoms with Gasteiger partial charge in [0.1, 0.15) is 5.69 Å². The molecule has 0 spiro atoms. The van der Waals surface area contributed by atoms with Crippen molar-refractivity contribution in [3.8, 4) is 0 Å². The number of nitro groups is 1. The van der Waals surface area contributed by atoms with Gasteiger partial charge >= 0.3 is 5.97 Å². The topological polar surface area (TPSA) is 118 Å². The predicted octanol–water partition coefficient (Wildman–Crippen LogP) is 1.50. The molecule has 0 unspecified atom stereocenters. The summed E-state index contributed by atoms with van der Waals surface area (Å²) in [4.78, 5) is 45.9. The number of hydrogen-bond donors (Lipinski definition) is 1. The first-order chi connectivity index (χ1) is 9.75. The van der Waals surface area contributed by atoms with Crippen molar-refractivity contribution in [3.63, 3.8) is 0 Å². The minimum Gasteiger partial charge on any atom is -0.478 e. The molecule has 1 aliphatic rings. The summed E-state index contributed by atoms with van der Waals surface area (Å²) in [5, 5.41) is 19.9. The largest absolute Gasteiger partial charge is 0.478 e. The molecule has 1 heterocycles. The van der Waals surface area contributed by atoms with Crippen LogP contribution < -0.4 is 4.90 Å². The van der Waals surface area contributed by atoms with E-state index in [1.165, 1.54) is 13.8 Å². The Labute approximate surface area is 118 Å². The average Bonchev–Trinajstić information content (AvgIpc) is 2.62. The van der Waals surface area contributed by atoms with Crippen LogP contribution in [0.4, 0.5) is 11.4 Å². The van der Waals surface area contributed by atoms with Gasteiger partial charge in [-0.3, -0.25) is 19.7 Å². The highest BCUT2D eigenvalue weighted by Gasteiger charge is 2.38. The SMILES string of the molecule is CC1=C(C)C(=O)N(c2ccc(C(=O)O)cc2[N+](=O)[O-])C1=O. The molecule has 0 radical (unpaired) electrons. The Morgan fingerprint density at radius 3 is 2.14 bits per heavy atom. The summed E-state index contributed by atoms with van der Waals surface area (Å²) < 4.78 is 0. The molecular weight excluding hydrogens is 280 g/mol. The van der Waals surface area contributed by atoms with Crippen molar-refractivity contribution in [2.75, 3.05) is 4.90 Å². The number of nitro benzene ring substituents is 1. The molecule has 0 aromatic heterocycles. The number of carboxylic acids is 1. The van der Waals surface area contributed by atoms with Crippen molar-refractivity contribution in [3.05, 3.63) is 45.0 Å². The Balaban J connectivity index is 2.61. The van der Waals surface area contributed by atoms with E-state index in [2.05, 4.69) is 0 Å². The van der Waals surface area contributed by atoms with Crippen LogP contribution in [0.2, 0.25) is 0 Å². The number of benzene rings is 1. The number of carbonyl (C=O) groups is 3. The Bertz CT molecular complexity index is 710. The fraction of sp³-hybridized carbons (Fsp3) is 0.154. The molecule has 0 bridgehead atoms. The molecular formula is C13H10N2O6. The lowest BCUT2D eigenvalue weighted by atomic mass is 10.1. The second-order valence-corrected chi connectivity index (χ2v) is 4.46. The zero-order valence-electron chi connectivity index (χ0n) is 11.1. The number of rotatable bonds is 3. The third kappa shape index (κ3) is 2.16. The van der Waals surface area contributed by atoms with Crippen LogP contribution in [-0.4, -0.2) is 27.8 Å². The number of nitrogens with zero attached hydrogens (tertiary/aromatic N) is 2. The molecule has 2 rings (SSSR count). The molecule has 8 nitrogen and oxygen atoms in total. The number of amides is 2. The van der Waals surface area contributed by atoms with Crippen LogP contribution >= 0.6 is 0 Å². The number of aromatic carboxylic acids is 1. The van der Waals surface area contributed by atoms with Gasteiger partial charge in [0.25, 0.3) is 17.5 Å². The standard InChI is InChI=1S/C13H10N2O6/c1-6-7(2)12(17)14(11(6)16)9-4-3-8(13(18)19)5-10(9)15(20)21/h3-5H,1-2H3,(H,18,19). The van der Waals surface area contributed by atoms with Gasteiger partial charge in [0.05, 0.1) is 10.5 Å². The predicted molar refractivity (Wildman–Crippen MR) is 70.9 cm³/mol. The zero-order chi connectivity index (χ0) is 15.9. The second-order valence-electron chi connectivity index (χ2n) is 4.46. The van der Waals surface area contributed by atoms with Crippen LogP contribution in [0, 0.1) is 10.1 Å². The number of imide groups is 1. The molecule has 0 saturated heterocycles. The lowest BCUT2D eigenvalue weighted by Crippen LogP contribution is -2.32. The lowest BCUT2D eigenvalue weighted by Gasteiger charge is -2.15. The fourth-order valence-corrected chi connectivity index (χ4v) is 1.96. The number of anilines is 1. The fourth-order valence-electron chi connectivity index (χ4n) is 1.96. The molecule has 21 heavy (non-hydrogen) atoms. The molecule has 1 aliphatic heterocycles. The highest BCUT2D eigenvalue weighted by atomic mass is 16.6. The molecule has 1 aromatic rings. The Hall–Kier alpha value is -3.03. The van der Waals surface area contributed by atoms with E-state index in [4.69, 9.17) is 5.11 Å². The zero-order valence-corrected chi connectivity index (χ0v) is 11.1. The summed E-state index contributed by atoms with van der Waals surface area (Å²) in [6.45, 7) is 2.90. The molecule has 0 atom stereocenters. The van der Waals surface area contributed by atoms with E-state index >= 15 is 0 Å². The van der Waals surface area contributed by atoms with E-state index in [0.29, 0.717) is 4.90 Å². The van der Waals surface area contributed by atoms with E-state index < -0.39 is 28.4 Å². The molecule has 8 heteroatoms. The normalized spacial score (nSPS) is 14.9. The number of hydrogen-bond acceptors (Lipinski definition) is 5. The Kier molecular flexibility index (Phi) is 3.30. The Morgan fingerprint density at radius 2 is 1.71 bits per heavy atom. The number of carbonyl (C=O) groups excluding carboxylic acids is 2. The van der Waals surface area contributed by atoms with Crippen molar-refractivity contribution in [2.24, 2.45) is 0 Å². The maximum absolute atomic E-state index is 12.0. The van der Waals surface area contributed by atoms with Gasteiger partial charge in [-0.15, -0.1) is 0 Å². The summed E-state index contributed by atoms with van der Waals surface area (Å²) >= 11 is 0. The van der Waals surface area contributed by atoms with Gasteiger partial charge in [0.2, 0.25) is 0 Å². The molecule has 1 N–H and O–H groups in total. The van der Waals surface area contributed by atoms with Crippen molar-refractivity contribution in [1.82, 2.24) is 0 Å². The summed E-state index contributed by atoms with van der Waals surface area (Å²) in [6.07, 6.45) is 0. The second kappa shape index (κ2) is 4.82. The van der Waals surface area contributed by atoms with E-state index in [-0.39, 0.29) is 22.4 Å². The lowest BCUT2D eigenvalue weighted by molar-refractivity contribution is -0.384. The van der Waals surface area contributed by atoms with Gasteiger partial charge in [0, 0.05) is 17.2 Å². The monoisotopic (exact) mass is 290 g/mol. The van der Waals surface area contributed by atoms with Crippen molar-refractivity contribution < 1.29 is 24.4 Å². The highest BCUT2D eigenvalue weighted by molar-refractivity contribution is 6.33. The van der Waals surface area contributed by atoms with Crippen molar-refractivity contribution >= 4 is 29.2 Å². The quantitative estimate of drug-likeness (QED) is 0.512. The van der Waals surface area contributed by atoms with Crippen LogP contribution in [0.1, 0.15) is 24.2 Å². The Morgan fingerprint density at radius 1 is 1.19 bits per heavy atom. The van der Waals surface area contributed by atoms with Crippen LogP contribution in [0.25, 0.3) is 0 Å².